The number of nitrogens with zero attached hydrogens (tertiary/aromatic N) is 6. The van der Waals surface area contributed by atoms with E-state index in [9.17, 15) is 13.2 Å². The summed E-state index contributed by atoms with van der Waals surface area (Å²) in [5.74, 6) is -0.106. The summed E-state index contributed by atoms with van der Waals surface area (Å²) >= 11 is 0. The molecule has 0 N–H and O–H groups in total. The second-order valence-corrected chi connectivity index (χ2v) is 9.74. The summed E-state index contributed by atoms with van der Waals surface area (Å²) in [4.78, 5) is 16.7. The van der Waals surface area contributed by atoms with Crippen molar-refractivity contribution in [1.82, 2.24) is 28.2 Å². The fourth-order valence-electron chi connectivity index (χ4n) is 3.82. The Morgan fingerprint density at radius 3 is 2.17 bits per heavy atom. The van der Waals surface area contributed by atoms with Crippen molar-refractivity contribution in [3.8, 4) is 0 Å². The van der Waals surface area contributed by atoms with Crippen molar-refractivity contribution in [1.29, 1.82) is 0 Å². The number of aromatic nitrogens is 2. The minimum absolute atomic E-state index is 0.106. The van der Waals surface area contributed by atoms with Gasteiger partial charge in [-0.2, -0.15) is 22.1 Å². The van der Waals surface area contributed by atoms with Gasteiger partial charge in [0.05, 0.1) is 18.3 Å². The zero-order chi connectivity index (χ0) is 21.1. The van der Waals surface area contributed by atoms with Crippen LogP contribution in [0.15, 0.2) is 42.7 Å². The van der Waals surface area contributed by atoms with Crippen molar-refractivity contribution in [2.45, 2.75) is 6.54 Å². The van der Waals surface area contributed by atoms with E-state index in [1.54, 1.807) is 26.3 Å². The van der Waals surface area contributed by atoms with Gasteiger partial charge in [0.1, 0.15) is 0 Å². The normalized spacial score (nSPS) is 19.8. The maximum absolute atomic E-state index is 12.9. The molecule has 2 aliphatic rings. The third kappa shape index (κ3) is 4.56. The van der Waals surface area contributed by atoms with Gasteiger partial charge in [0, 0.05) is 58.6 Å². The molecule has 0 unspecified atom stereocenters. The number of amides is 1. The molecule has 2 aliphatic heterocycles. The van der Waals surface area contributed by atoms with Gasteiger partial charge in [-0.25, -0.2) is 0 Å². The van der Waals surface area contributed by atoms with E-state index in [0.717, 1.165) is 18.7 Å². The summed E-state index contributed by atoms with van der Waals surface area (Å²) in [5.41, 5.74) is 1.64. The van der Waals surface area contributed by atoms with Crippen LogP contribution in [0, 0.1) is 0 Å². The molecule has 2 saturated heterocycles. The van der Waals surface area contributed by atoms with Crippen molar-refractivity contribution in [2.24, 2.45) is 0 Å². The molecule has 0 atom stereocenters. The zero-order valence-corrected chi connectivity index (χ0v) is 18.0. The lowest BCUT2D eigenvalue weighted by molar-refractivity contribution is 0.0692. The maximum atomic E-state index is 12.9. The first-order chi connectivity index (χ1) is 14.4. The van der Waals surface area contributed by atoms with Crippen LogP contribution in [0.4, 0.5) is 0 Å². The van der Waals surface area contributed by atoms with Crippen LogP contribution in [0.3, 0.4) is 0 Å². The standard InChI is InChI=1S/C20H28N6O3S/c1-22-7-11-25(12-8-22)30(28,29)26-13-9-23(10-14-26)20(27)19-15-21-24(17-19)16-18-5-3-2-4-6-18/h2-6,15,17H,7-14,16H2,1H3. The number of piperazine rings is 2. The molecule has 4 rings (SSSR count). The number of benzene rings is 1. The Morgan fingerprint density at radius 2 is 1.53 bits per heavy atom. The number of rotatable bonds is 5. The SMILES string of the molecule is CN1CCN(S(=O)(=O)N2CCN(C(=O)c3cnn(Cc4ccccc4)c3)CC2)CC1. The molecule has 2 fully saturated rings. The number of carbonyl (C=O) groups excluding carboxylic acids is 1. The molecule has 1 aromatic carbocycles. The van der Waals surface area contributed by atoms with E-state index in [2.05, 4.69) is 10.00 Å². The molecule has 10 heteroatoms. The van der Waals surface area contributed by atoms with Gasteiger partial charge in [-0.15, -0.1) is 0 Å². The quantitative estimate of drug-likeness (QED) is 0.673. The molecule has 1 amide bonds. The molecule has 0 radical (unpaired) electrons. The monoisotopic (exact) mass is 432 g/mol. The Hall–Kier alpha value is -2.27. The average Bonchev–Trinajstić information content (AvgIpc) is 3.23. The Kier molecular flexibility index (Phi) is 6.19. The second-order valence-electron chi connectivity index (χ2n) is 7.81. The maximum Gasteiger partial charge on any atom is 0.282 e. The van der Waals surface area contributed by atoms with E-state index in [1.165, 1.54) is 4.31 Å². The highest BCUT2D eigenvalue weighted by atomic mass is 32.2. The molecule has 0 aliphatic carbocycles. The first-order valence-electron chi connectivity index (χ1n) is 10.2. The van der Waals surface area contributed by atoms with Crippen LogP contribution in [0.25, 0.3) is 0 Å². The number of likely N-dealkylation sites (N-methyl/N-ethyl adjacent to an activating group) is 1. The van der Waals surface area contributed by atoms with E-state index in [0.29, 0.717) is 51.4 Å². The van der Waals surface area contributed by atoms with E-state index in [4.69, 9.17) is 0 Å². The first-order valence-corrected chi connectivity index (χ1v) is 11.6. The fraction of sp³-hybridized carbons (Fsp3) is 0.500. The molecule has 162 valence electrons. The molecule has 0 spiro atoms. The van der Waals surface area contributed by atoms with E-state index in [1.807, 2.05) is 37.4 Å². The van der Waals surface area contributed by atoms with Crippen LogP contribution in [0.5, 0.6) is 0 Å². The molecule has 0 saturated carbocycles. The lowest BCUT2D eigenvalue weighted by Crippen LogP contribution is -2.57. The number of hydrogen-bond acceptors (Lipinski definition) is 5. The summed E-state index contributed by atoms with van der Waals surface area (Å²) in [6.07, 6.45) is 3.33. The van der Waals surface area contributed by atoms with Crippen molar-refractivity contribution in [3.63, 3.8) is 0 Å². The second kappa shape index (κ2) is 8.84. The Balaban J connectivity index is 1.33. The highest BCUT2D eigenvalue weighted by Crippen LogP contribution is 2.16. The first kappa shape index (κ1) is 21.0. The number of hydrogen-bond donors (Lipinski definition) is 0. The predicted octanol–water partition coefficient (Wildman–Crippen LogP) is 0.181. The Bertz CT molecular complexity index is 961. The molecular formula is C20H28N6O3S. The summed E-state index contributed by atoms with van der Waals surface area (Å²) in [6.45, 7) is 4.51. The van der Waals surface area contributed by atoms with E-state index >= 15 is 0 Å². The van der Waals surface area contributed by atoms with Gasteiger partial charge in [0.2, 0.25) is 0 Å². The Labute approximate surface area is 177 Å². The van der Waals surface area contributed by atoms with Crippen molar-refractivity contribution >= 4 is 16.1 Å². The third-order valence-electron chi connectivity index (χ3n) is 5.71. The lowest BCUT2D eigenvalue weighted by atomic mass is 10.2. The zero-order valence-electron chi connectivity index (χ0n) is 17.2. The van der Waals surface area contributed by atoms with Gasteiger partial charge in [-0.3, -0.25) is 9.48 Å². The van der Waals surface area contributed by atoms with Crippen LogP contribution >= 0.6 is 0 Å². The minimum atomic E-state index is -3.47. The van der Waals surface area contributed by atoms with Crippen molar-refractivity contribution in [2.75, 3.05) is 59.4 Å². The summed E-state index contributed by atoms with van der Waals surface area (Å²) in [7, 11) is -1.47. The van der Waals surface area contributed by atoms with Gasteiger partial charge in [0.25, 0.3) is 16.1 Å². The van der Waals surface area contributed by atoms with Crippen LogP contribution in [-0.2, 0) is 16.8 Å². The van der Waals surface area contributed by atoms with Crippen molar-refractivity contribution in [3.05, 3.63) is 53.9 Å². The van der Waals surface area contributed by atoms with Crippen LogP contribution in [0.2, 0.25) is 0 Å². The largest absolute Gasteiger partial charge is 0.336 e. The minimum Gasteiger partial charge on any atom is -0.336 e. The van der Waals surface area contributed by atoms with Gasteiger partial charge in [-0.1, -0.05) is 30.3 Å². The van der Waals surface area contributed by atoms with Gasteiger partial charge in [0.15, 0.2) is 0 Å². The van der Waals surface area contributed by atoms with Crippen LogP contribution in [0.1, 0.15) is 15.9 Å². The fourth-order valence-corrected chi connectivity index (χ4v) is 5.39. The third-order valence-corrected chi connectivity index (χ3v) is 7.74. The molecule has 9 nitrogen and oxygen atoms in total. The van der Waals surface area contributed by atoms with Gasteiger partial charge in [-0.05, 0) is 12.6 Å². The van der Waals surface area contributed by atoms with Gasteiger partial charge >= 0.3 is 0 Å². The van der Waals surface area contributed by atoms with E-state index < -0.39 is 10.2 Å². The Morgan fingerprint density at radius 1 is 0.933 bits per heavy atom. The van der Waals surface area contributed by atoms with E-state index in [-0.39, 0.29) is 5.91 Å². The smallest absolute Gasteiger partial charge is 0.282 e. The molecule has 3 heterocycles. The highest BCUT2D eigenvalue weighted by Gasteiger charge is 2.34. The molecule has 2 aromatic rings. The molecular weight excluding hydrogens is 404 g/mol. The number of carbonyl (C=O) groups is 1. The summed E-state index contributed by atoms with van der Waals surface area (Å²) < 4.78 is 30.6. The predicted molar refractivity (Wildman–Crippen MR) is 113 cm³/mol. The van der Waals surface area contributed by atoms with Gasteiger partial charge < -0.3 is 9.80 Å². The average molecular weight is 433 g/mol. The lowest BCUT2D eigenvalue weighted by Gasteiger charge is -2.39. The molecule has 1 aromatic heterocycles. The molecule has 0 bridgehead atoms. The summed E-state index contributed by atoms with van der Waals surface area (Å²) in [6, 6.07) is 9.94. The van der Waals surface area contributed by atoms with Crippen LogP contribution < -0.4 is 0 Å². The van der Waals surface area contributed by atoms with Crippen molar-refractivity contribution < 1.29 is 13.2 Å². The molecule has 30 heavy (non-hydrogen) atoms. The summed E-state index contributed by atoms with van der Waals surface area (Å²) in [5, 5.41) is 4.30. The highest BCUT2D eigenvalue weighted by molar-refractivity contribution is 7.86. The van der Waals surface area contributed by atoms with Crippen LogP contribution in [-0.4, -0.2) is 102 Å². The topological polar surface area (TPSA) is 82.0 Å².